The zero-order valence-electron chi connectivity index (χ0n) is 14.7. The highest BCUT2D eigenvalue weighted by molar-refractivity contribution is 7.86. The number of nitrogens with zero attached hydrogens (tertiary/aromatic N) is 1. The number of carbonyl (C=O) groups excluding carboxylic acids is 1. The van der Waals surface area contributed by atoms with Gasteiger partial charge in [0, 0.05) is 25.9 Å². The highest BCUT2D eigenvalue weighted by atomic mass is 32.2. The number of likely N-dealkylation sites (tertiary alicyclic amines) is 1. The Morgan fingerprint density at radius 1 is 1.17 bits per heavy atom. The molecular weight excluding hydrogens is 330 g/mol. The van der Waals surface area contributed by atoms with E-state index < -0.39 is 15.7 Å². The predicted molar refractivity (Wildman–Crippen MR) is 91.4 cm³/mol. The van der Waals surface area contributed by atoms with Crippen LogP contribution in [0.3, 0.4) is 0 Å². The summed E-state index contributed by atoms with van der Waals surface area (Å²) in [6.45, 7) is 8.27. The van der Waals surface area contributed by atoms with Gasteiger partial charge in [-0.2, -0.15) is 0 Å². The maximum Gasteiger partial charge on any atom is 0.410 e. The van der Waals surface area contributed by atoms with Crippen molar-refractivity contribution in [2.24, 2.45) is 0 Å². The topological polar surface area (TPSA) is 76.5 Å². The van der Waals surface area contributed by atoms with Crippen molar-refractivity contribution in [3.05, 3.63) is 29.8 Å². The summed E-state index contributed by atoms with van der Waals surface area (Å²) in [5, 5.41) is 0. The SMILES string of the molecule is Cc1ccc(S(=O)(=O)[OH+]C2CCN(C(=O)OC(C)(C)C)CC2)cc1. The highest BCUT2D eigenvalue weighted by Crippen LogP contribution is 2.20. The first-order valence-electron chi connectivity index (χ1n) is 8.08. The van der Waals surface area contributed by atoms with Crippen molar-refractivity contribution in [1.29, 1.82) is 0 Å². The number of rotatable bonds is 3. The molecule has 1 aliphatic heterocycles. The van der Waals surface area contributed by atoms with E-state index in [9.17, 15) is 13.2 Å². The second-order valence-corrected chi connectivity index (χ2v) is 8.72. The summed E-state index contributed by atoms with van der Waals surface area (Å²) in [7, 11) is -3.65. The first-order chi connectivity index (χ1) is 11.1. The van der Waals surface area contributed by atoms with E-state index >= 15 is 0 Å². The second kappa shape index (κ2) is 7.11. The van der Waals surface area contributed by atoms with Gasteiger partial charge in [0.05, 0.1) is 0 Å². The fourth-order valence-electron chi connectivity index (χ4n) is 2.45. The number of carbonyl (C=O) groups is 1. The Hall–Kier alpha value is -1.60. The summed E-state index contributed by atoms with van der Waals surface area (Å²) < 4.78 is 34.0. The van der Waals surface area contributed by atoms with Gasteiger partial charge >= 0.3 is 16.2 Å². The number of aryl methyl sites for hydroxylation is 1. The molecule has 0 bridgehead atoms. The van der Waals surface area contributed by atoms with Gasteiger partial charge in [0.2, 0.25) is 0 Å². The summed E-state index contributed by atoms with van der Waals surface area (Å²) in [5.74, 6) is 0. The van der Waals surface area contributed by atoms with Gasteiger partial charge in [0.25, 0.3) is 0 Å². The number of hydrogen-bond donors (Lipinski definition) is 0. The molecule has 0 spiro atoms. The molecule has 1 amide bonds. The van der Waals surface area contributed by atoms with Crippen LogP contribution in [0.15, 0.2) is 29.2 Å². The van der Waals surface area contributed by atoms with Crippen molar-refractivity contribution < 1.29 is 22.1 Å². The van der Waals surface area contributed by atoms with Crippen molar-refractivity contribution in [1.82, 2.24) is 4.90 Å². The van der Waals surface area contributed by atoms with Crippen LogP contribution >= 0.6 is 0 Å². The van der Waals surface area contributed by atoms with Gasteiger partial charge in [0.15, 0.2) is 6.10 Å². The fourth-order valence-corrected chi connectivity index (χ4v) is 3.65. The number of ether oxygens (including phenoxy) is 1. The summed E-state index contributed by atoms with van der Waals surface area (Å²) in [4.78, 5) is 13.8. The Bertz CT molecular complexity index is 668. The molecule has 6 nitrogen and oxygen atoms in total. The minimum absolute atomic E-state index is 0.211. The Balaban J connectivity index is 1.91. The minimum Gasteiger partial charge on any atom is -0.444 e. The van der Waals surface area contributed by atoms with Crippen molar-refractivity contribution in [3.8, 4) is 0 Å². The summed E-state index contributed by atoms with van der Waals surface area (Å²) in [6.07, 6.45) is 0.381. The molecule has 1 aromatic carbocycles. The molecule has 0 aliphatic carbocycles. The molecule has 1 saturated heterocycles. The minimum atomic E-state index is -3.65. The Morgan fingerprint density at radius 2 is 1.71 bits per heavy atom. The lowest BCUT2D eigenvalue weighted by atomic mass is 10.1. The van der Waals surface area contributed by atoms with Gasteiger partial charge in [-0.25, -0.2) is 4.79 Å². The second-order valence-electron chi connectivity index (χ2n) is 7.09. The molecule has 0 aromatic heterocycles. The number of amides is 1. The third-order valence-corrected chi connectivity index (χ3v) is 5.17. The highest BCUT2D eigenvalue weighted by Gasteiger charge is 2.33. The maximum atomic E-state index is 12.3. The van der Waals surface area contributed by atoms with E-state index in [1.165, 1.54) is 0 Å². The lowest BCUT2D eigenvalue weighted by Gasteiger charge is -2.31. The zero-order chi connectivity index (χ0) is 18.0. The van der Waals surface area contributed by atoms with Crippen LogP contribution in [-0.4, -0.2) is 48.4 Å². The van der Waals surface area contributed by atoms with Crippen LogP contribution in [0.5, 0.6) is 0 Å². The van der Waals surface area contributed by atoms with Crippen molar-refractivity contribution in [2.75, 3.05) is 13.1 Å². The molecule has 1 aliphatic rings. The fraction of sp³-hybridized carbons (Fsp3) is 0.588. The van der Waals surface area contributed by atoms with Crippen LogP contribution in [0.2, 0.25) is 0 Å². The van der Waals surface area contributed by atoms with E-state index in [0.717, 1.165) is 5.56 Å². The van der Waals surface area contributed by atoms with E-state index in [-0.39, 0.29) is 17.1 Å². The molecule has 7 heteroatoms. The normalized spacial score (nSPS) is 16.9. The van der Waals surface area contributed by atoms with Gasteiger partial charge in [-0.1, -0.05) is 17.7 Å². The maximum absolute atomic E-state index is 12.3. The van der Waals surface area contributed by atoms with Crippen molar-refractivity contribution >= 4 is 16.2 Å². The molecule has 0 saturated carbocycles. The first kappa shape index (κ1) is 18.7. The Morgan fingerprint density at radius 3 is 2.21 bits per heavy atom. The third-order valence-electron chi connectivity index (χ3n) is 3.72. The average Bonchev–Trinajstić information content (AvgIpc) is 2.46. The zero-order valence-corrected chi connectivity index (χ0v) is 15.5. The molecular formula is C17H26NO5S+. The van der Waals surface area contributed by atoms with E-state index in [1.807, 2.05) is 27.7 Å². The molecule has 0 unspecified atom stereocenters. The molecule has 134 valence electrons. The lowest BCUT2D eigenvalue weighted by molar-refractivity contribution is -0.0110. The average molecular weight is 356 g/mol. The van der Waals surface area contributed by atoms with Crippen molar-refractivity contribution in [3.63, 3.8) is 0 Å². The van der Waals surface area contributed by atoms with Gasteiger partial charge in [-0.3, -0.25) is 0 Å². The van der Waals surface area contributed by atoms with Crippen LogP contribution in [0.1, 0.15) is 39.2 Å². The van der Waals surface area contributed by atoms with Gasteiger partial charge < -0.3 is 13.8 Å². The molecule has 1 N–H and O–H groups in total. The van der Waals surface area contributed by atoms with E-state index in [1.54, 1.807) is 29.2 Å². The van der Waals surface area contributed by atoms with Crippen LogP contribution in [0.25, 0.3) is 0 Å². The molecule has 24 heavy (non-hydrogen) atoms. The van der Waals surface area contributed by atoms with Crippen LogP contribution in [0, 0.1) is 6.92 Å². The standard InChI is InChI=1S/C17H25NO5S/c1-13-5-7-15(8-6-13)24(20,21)23-14-9-11-18(12-10-14)16(19)22-17(2,3)4/h5-8,14H,9-12H2,1-4H3/p+1. The predicted octanol–water partition coefficient (Wildman–Crippen LogP) is 2.61. The van der Waals surface area contributed by atoms with Crippen LogP contribution in [-0.2, 0) is 14.9 Å². The van der Waals surface area contributed by atoms with E-state index in [4.69, 9.17) is 4.74 Å². The third kappa shape index (κ3) is 5.21. The summed E-state index contributed by atoms with van der Waals surface area (Å²) >= 11 is 0. The summed E-state index contributed by atoms with van der Waals surface area (Å²) in [5.41, 5.74) is 0.465. The molecule has 1 heterocycles. The van der Waals surface area contributed by atoms with E-state index in [0.29, 0.717) is 25.9 Å². The first-order valence-corrected chi connectivity index (χ1v) is 9.52. The van der Waals surface area contributed by atoms with Gasteiger partial charge in [-0.15, -0.1) is 8.42 Å². The molecule has 1 aromatic rings. The lowest BCUT2D eigenvalue weighted by Crippen LogP contribution is -2.44. The number of aliphatic hydroxyl groups is 1. The van der Waals surface area contributed by atoms with Crippen molar-refractivity contribution in [2.45, 2.75) is 57.1 Å². The van der Waals surface area contributed by atoms with Crippen LogP contribution in [0.4, 0.5) is 4.79 Å². The Labute approximate surface area is 143 Å². The molecule has 0 radical (unpaired) electrons. The number of piperidine rings is 1. The largest absolute Gasteiger partial charge is 0.444 e. The molecule has 0 atom stereocenters. The summed E-state index contributed by atoms with van der Waals surface area (Å²) in [6, 6.07) is 6.66. The van der Waals surface area contributed by atoms with E-state index in [2.05, 4.69) is 4.18 Å². The quantitative estimate of drug-likeness (QED) is 0.474. The Kier molecular flexibility index (Phi) is 5.55. The number of hydrogen-bond acceptors (Lipinski definition) is 4. The number of benzene rings is 1. The molecule has 2 rings (SSSR count). The monoisotopic (exact) mass is 356 g/mol. The van der Waals surface area contributed by atoms with Gasteiger partial charge in [0.1, 0.15) is 10.5 Å². The van der Waals surface area contributed by atoms with Gasteiger partial charge in [-0.05, 0) is 39.8 Å². The smallest absolute Gasteiger partial charge is 0.410 e. The van der Waals surface area contributed by atoms with Crippen LogP contribution < -0.4 is 0 Å². The molecule has 1 fully saturated rings.